The van der Waals surface area contributed by atoms with E-state index in [-0.39, 0.29) is 18.7 Å². The van der Waals surface area contributed by atoms with E-state index < -0.39 is 22.7 Å². The van der Waals surface area contributed by atoms with E-state index >= 15 is 0 Å². The van der Waals surface area contributed by atoms with Gasteiger partial charge in [-0.15, -0.1) is 0 Å². The molecule has 3 N–H and O–H groups in total. The highest BCUT2D eigenvalue weighted by atomic mass is 32.2. The van der Waals surface area contributed by atoms with Crippen LogP contribution < -0.4 is 0 Å². The number of hydrogen-bond acceptors (Lipinski definition) is 3. The number of rotatable bonds is 9. The third-order valence-corrected chi connectivity index (χ3v) is 7.17. The van der Waals surface area contributed by atoms with Crippen molar-refractivity contribution in [1.29, 1.82) is 0 Å². The summed E-state index contributed by atoms with van der Waals surface area (Å²) in [5, 5.41) is 0. The molecule has 136 valence electrons. The summed E-state index contributed by atoms with van der Waals surface area (Å²) in [4.78, 5) is 15.9. The predicted octanol–water partition coefficient (Wildman–Crippen LogP) is 3.27. The van der Waals surface area contributed by atoms with Crippen LogP contribution in [0.2, 0.25) is 0 Å². The number of benzene rings is 1. The Labute approximate surface area is 141 Å². The average Bonchev–Trinajstić information content (AvgIpc) is 2.43. The molecule has 24 heavy (non-hydrogen) atoms. The van der Waals surface area contributed by atoms with Crippen LogP contribution in [-0.4, -0.2) is 27.7 Å². The van der Waals surface area contributed by atoms with Crippen molar-refractivity contribution in [3.63, 3.8) is 0 Å². The van der Waals surface area contributed by atoms with Gasteiger partial charge >= 0.3 is 7.60 Å². The standard InChI is InChI=1S/C15H22FO6PS/c1-12(10-11-13-7-3-4-8-14(13)16)6-2-5-9-15(23(17,18)19)24(20,21)22/h3-4,6-8,15H,2,5,9-11H2,1H3,(H2,17,18,19)(H,20,21,22)/b12-6+. The van der Waals surface area contributed by atoms with Gasteiger partial charge in [-0.25, -0.2) is 4.39 Å². The first-order chi connectivity index (χ1) is 11.0. The third kappa shape index (κ3) is 7.23. The van der Waals surface area contributed by atoms with Gasteiger partial charge in [0.05, 0.1) is 0 Å². The van der Waals surface area contributed by atoms with E-state index in [1.807, 2.05) is 13.0 Å². The zero-order valence-corrected chi connectivity index (χ0v) is 15.0. The van der Waals surface area contributed by atoms with Crippen LogP contribution in [0.15, 0.2) is 35.9 Å². The van der Waals surface area contributed by atoms with Crippen LogP contribution in [0, 0.1) is 5.82 Å². The molecule has 9 heteroatoms. The van der Waals surface area contributed by atoms with Crippen LogP contribution in [0.3, 0.4) is 0 Å². The summed E-state index contributed by atoms with van der Waals surface area (Å²) in [6, 6.07) is 6.48. The Balaban J connectivity index is 2.49. The molecule has 0 saturated carbocycles. The Morgan fingerprint density at radius 2 is 1.96 bits per heavy atom. The second-order valence-electron chi connectivity index (χ2n) is 5.63. The van der Waals surface area contributed by atoms with Gasteiger partial charge in [0.15, 0.2) is 4.99 Å². The van der Waals surface area contributed by atoms with Crippen LogP contribution in [0.1, 0.15) is 38.2 Å². The Kier molecular flexibility index (Phi) is 7.76. The number of hydrogen-bond donors (Lipinski definition) is 3. The fourth-order valence-corrected chi connectivity index (χ4v) is 4.64. The summed E-state index contributed by atoms with van der Waals surface area (Å²) in [6.07, 6.45) is 3.26. The fraction of sp³-hybridized carbons (Fsp3) is 0.467. The number of unbranched alkanes of at least 4 members (excludes halogenated alkanes) is 1. The summed E-state index contributed by atoms with van der Waals surface area (Å²) < 4.78 is 55.5. The van der Waals surface area contributed by atoms with Gasteiger partial charge in [0.2, 0.25) is 0 Å². The Morgan fingerprint density at radius 3 is 2.50 bits per heavy atom. The van der Waals surface area contributed by atoms with Gasteiger partial charge in [-0.3, -0.25) is 9.12 Å². The normalized spacial score (nSPS) is 14.6. The molecule has 0 aliphatic heterocycles. The van der Waals surface area contributed by atoms with Crippen molar-refractivity contribution in [2.45, 2.75) is 44.0 Å². The monoisotopic (exact) mass is 380 g/mol. The van der Waals surface area contributed by atoms with Gasteiger partial charge in [-0.1, -0.05) is 29.8 Å². The van der Waals surface area contributed by atoms with E-state index in [0.29, 0.717) is 24.8 Å². The molecule has 1 atom stereocenters. The molecule has 0 bridgehead atoms. The number of aryl methyl sites for hydroxylation is 1. The molecule has 0 radical (unpaired) electrons. The van der Waals surface area contributed by atoms with Crippen molar-refractivity contribution in [3.8, 4) is 0 Å². The van der Waals surface area contributed by atoms with Gasteiger partial charge < -0.3 is 9.79 Å². The minimum Gasteiger partial charge on any atom is -0.323 e. The molecule has 1 rings (SSSR count). The number of allylic oxidation sites excluding steroid dienone is 2. The minimum absolute atomic E-state index is 0.201. The van der Waals surface area contributed by atoms with Gasteiger partial charge in [0, 0.05) is 0 Å². The van der Waals surface area contributed by atoms with Crippen LogP contribution >= 0.6 is 7.60 Å². The molecule has 0 aliphatic carbocycles. The highest BCUT2D eigenvalue weighted by molar-refractivity contribution is 7.93. The summed E-state index contributed by atoms with van der Waals surface area (Å²) in [7, 11) is -9.72. The van der Waals surface area contributed by atoms with Crippen molar-refractivity contribution in [3.05, 3.63) is 47.3 Å². The maximum absolute atomic E-state index is 13.5. The molecule has 1 unspecified atom stereocenters. The number of halogens is 1. The molecule has 0 amide bonds. The Bertz CT molecular complexity index is 725. The molecule has 0 saturated heterocycles. The molecular formula is C15H22FO6PS. The average molecular weight is 380 g/mol. The van der Waals surface area contributed by atoms with E-state index in [9.17, 15) is 17.4 Å². The Hall–Kier alpha value is -1.05. The van der Waals surface area contributed by atoms with Crippen LogP contribution in [0.4, 0.5) is 4.39 Å². The van der Waals surface area contributed by atoms with Gasteiger partial charge in [0.25, 0.3) is 10.1 Å². The molecular weight excluding hydrogens is 358 g/mol. The zero-order valence-electron chi connectivity index (χ0n) is 13.3. The van der Waals surface area contributed by atoms with Crippen LogP contribution in [0.25, 0.3) is 0 Å². The molecule has 0 aliphatic rings. The van der Waals surface area contributed by atoms with E-state index in [1.165, 1.54) is 6.07 Å². The molecule has 6 nitrogen and oxygen atoms in total. The van der Waals surface area contributed by atoms with Gasteiger partial charge in [-0.05, 0) is 50.7 Å². The summed E-state index contributed by atoms with van der Waals surface area (Å²) in [5.74, 6) is -0.261. The van der Waals surface area contributed by atoms with Crippen molar-refractivity contribution in [2.75, 3.05) is 0 Å². The van der Waals surface area contributed by atoms with E-state index in [2.05, 4.69) is 0 Å². The van der Waals surface area contributed by atoms with Crippen LogP contribution in [0.5, 0.6) is 0 Å². The summed E-state index contributed by atoms with van der Waals surface area (Å²) in [5.41, 5.74) is 1.58. The van der Waals surface area contributed by atoms with Gasteiger partial charge in [-0.2, -0.15) is 8.42 Å². The van der Waals surface area contributed by atoms with E-state index in [1.54, 1.807) is 18.2 Å². The van der Waals surface area contributed by atoms with Crippen molar-refractivity contribution in [2.24, 2.45) is 0 Å². The van der Waals surface area contributed by atoms with Crippen molar-refractivity contribution in [1.82, 2.24) is 0 Å². The SMILES string of the molecule is C/C(=C\CCCC(P(=O)(O)O)S(=O)(=O)O)CCc1ccccc1F. The first-order valence-corrected chi connectivity index (χ1v) is 10.6. The topological polar surface area (TPSA) is 112 Å². The molecule has 0 aromatic heterocycles. The summed E-state index contributed by atoms with van der Waals surface area (Å²) >= 11 is 0. The minimum atomic E-state index is -4.92. The quantitative estimate of drug-likeness (QED) is 0.262. The van der Waals surface area contributed by atoms with Crippen molar-refractivity contribution >= 4 is 17.7 Å². The molecule has 1 aromatic carbocycles. The maximum atomic E-state index is 13.5. The first kappa shape index (κ1) is 21.0. The molecule has 0 heterocycles. The lowest BCUT2D eigenvalue weighted by Gasteiger charge is -2.14. The lowest BCUT2D eigenvalue weighted by atomic mass is 10.0. The first-order valence-electron chi connectivity index (χ1n) is 7.42. The Morgan fingerprint density at radius 1 is 1.33 bits per heavy atom. The third-order valence-electron chi connectivity index (χ3n) is 3.61. The predicted molar refractivity (Wildman–Crippen MR) is 89.7 cm³/mol. The van der Waals surface area contributed by atoms with Gasteiger partial charge in [0.1, 0.15) is 5.82 Å². The lowest BCUT2D eigenvalue weighted by molar-refractivity contribution is 0.360. The van der Waals surface area contributed by atoms with E-state index in [0.717, 1.165) is 5.57 Å². The second kappa shape index (κ2) is 8.87. The van der Waals surface area contributed by atoms with Crippen LogP contribution in [-0.2, 0) is 21.1 Å². The zero-order chi connectivity index (χ0) is 18.4. The summed E-state index contributed by atoms with van der Waals surface area (Å²) in [6.45, 7) is 1.85. The van der Waals surface area contributed by atoms with E-state index in [4.69, 9.17) is 14.3 Å². The smallest absolute Gasteiger partial charge is 0.323 e. The molecule has 0 fully saturated rings. The molecule has 0 spiro atoms. The second-order valence-corrected chi connectivity index (χ2v) is 9.38. The lowest BCUT2D eigenvalue weighted by Crippen LogP contribution is -2.20. The highest BCUT2D eigenvalue weighted by Gasteiger charge is 2.38. The maximum Gasteiger partial charge on any atom is 0.346 e. The molecule has 1 aromatic rings. The fourth-order valence-electron chi connectivity index (χ4n) is 2.27. The largest absolute Gasteiger partial charge is 0.346 e. The van der Waals surface area contributed by atoms with Crippen molar-refractivity contribution < 1.29 is 31.7 Å². The highest BCUT2D eigenvalue weighted by Crippen LogP contribution is 2.46.